The van der Waals surface area contributed by atoms with Crippen molar-refractivity contribution in [2.75, 3.05) is 12.8 Å². The van der Waals surface area contributed by atoms with Crippen LogP contribution >= 0.6 is 38.5 Å². The maximum absolute atomic E-state index is 11.4. The summed E-state index contributed by atoms with van der Waals surface area (Å²) in [5.74, 6) is -0.295. The molecule has 0 unspecified atom stereocenters. The third-order valence-electron chi connectivity index (χ3n) is 2.35. The first-order chi connectivity index (χ1) is 8.54. The second-order valence-electron chi connectivity index (χ2n) is 3.44. The number of rotatable bonds is 2. The minimum atomic E-state index is -0.548. The molecule has 0 saturated carbocycles. The van der Waals surface area contributed by atoms with Gasteiger partial charge in [0.15, 0.2) is 5.69 Å². The molecule has 5 nitrogen and oxygen atoms in total. The summed E-state index contributed by atoms with van der Waals surface area (Å²) in [6.45, 7) is 0. The highest BCUT2D eigenvalue weighted by Crippen LogP contribution is 2.26. The third-order valence-corrected chi connectivity index (χ3v) is 3.66. The Morgan fingerprint density at radius 3 is 2.89 bits per heavy atom. The molecule has 94 valence electrons. The second-order valence-corrected chi connectivity index (χ2v) is 5.54. The molecule has 0 atom stereocenters. The number of nitrogens with two attached hydrogens (primary N) is 1. The fourth-order valence-electron chi connectivity index (χ4n) is 1.48. The number of hydrogen-bond acceptors (Lipinski definition) is 4. The van der Waals surface area contributed by atoms with Crippen LogP contribution in [-0.2, 0) is 4.74 Å². The fourth-order valence-corrected chi connectivity index (χ4v) is 2.97. The van der Waals surface area contributed by atoms with Crippen molar-refractivity contribution < 1.29 is 9.53 Å². The van der Waals surface area contributed by atoms with E-state index in [1.54, 1.807) is 4.57 Å². The highest BCUT2D eigenvalue weighted by atomic mass is 127. The van der Waals surface area contributed by atoms with E-state index in [9.17, 15) is 4.79 Å². The Bertz CT molecular complexity index is 612. The van der Waals surface area contributed by atoms with E-state index in [1.165, 1.54) is 13.4 Å². The van der Waals surface area contributed by atoms with Gasteiger partial charge in [0.2, 0.25) is 0 Å². The summed E-state index contributed by atoms with van der Waals surface area (Å²) in [6.07, 6.45) is 1.49. The van der Waals surface area contributed by atoms with Gasteiger partial charge in [0.05, 0.1) is 12.8 Å². The van der Waals surface area contributed by atoms with E-state index in [1.807, 2.05) is 18.2 Å². The van der Waals surface area contributed by atoms with Crippen LogP contribution in [-0.4, -0.2) is 22.6 Å². The third kappa shape index (κ3) is 2.37. The summed E-state index contributed by atoms with van der Waals surface area (Å²) in [5.41, 5.74) is 6.82. The Morgan fingerprint density at radius 2 is 2.28 bits per heavy atom. The number of benzene rings is 1. The largest absolute Gasteiger partial charge is 0.464 e. The number of imidazole rings is 1. The maximum Gasteiger partial charge on any atom is 0.360 e. The minimum absolute atomic E-state index is 0.114. The molecule has 0 amide bonds. The van der Waals surface area contributed by atoms with Crippen LogP contribution < -0.4 is 5.73 Å². The first-order valence-electron chi connectivity index (χ1n) is 4.91. The first kappa shape index (κ1) is 13.3. The molecule has 0 saturated heterocycles. The minimum Gasteiger partial charge on any atom is -0.464 e. The number of carbonyl (C=O) groups is 1. The summed E-state index contributed by atoms with van der Waals surface area (Å²) in [4.78, 5) is 15.4. The topological polar surface area (TPSA) is 70.1 Å². The highest BCUT2D eigenvalue weighted by Gasteiger charge is 2.17. The zero-order chi connectivity index (χ0) is 13.3. The fraction of sp³-hybridized carbons (Fsp3) is 0.0909. The number of anilines is 1. The molecule has 7 heteroatoms. The van der Waals surface area contributed by atoms with Crippen LogP contribution in [0.5, 0.6) is 0 Å². The van der Waals surface area contributed by atoms with Crippen LogP contribution in [0.2, 0.25) is 0 Å². The number of hydrogen-bond donors (Lipinski definition) is 1. The molecule has 1 heterocycles. The zero-order valence-electron chi connectivity index (χ0n) is 9.35. The Kier molecular flexibility index (Phi) is 3.91. The van der Waals surface area contributed by atoms with Gasteiger partial charge >= 0.3 is 5.97 Å². The van der Waals surface area contributed by atoms with Crippen LogP contribution in [0.1, 0.15) is 10.5 Å². The number of nitrogen functional groups attached to an aromatic ring is 1. The van der Waals surface area contributed by atoms with Crippen LogP contribution in [0.4, 0.5) is 5.82 Å². The molecule has 0 bridgehead atoms. The number of aromatic nitrogens is 2. The molecule has 2 rings (SSSR count). The van der Waals surface area contributed by atoms with Gasteiger partial charge in [-0.3, -0.25) is 4.57 Å². The van der Waals surface area contributed by atoms with E-state index in [0.717, 1.165) is 13.7 Å². The summed E-state index contributed by atoms with van der Waals surface area (Å²) >= 11 is 5.67. The molecule has 0 aliphatic heterocycles. The Hall–Kier alpha value is -1.09. The quantitative estimate of drug-likeness (QED) is 0.597. The van der Waals surface area contributed by atoms with Crippen molar-refractivity contribution in [1.29, 1.82) is 0 Å². The van der Waals surface area contributed by atoms with Gasteiger partial charge in [-0.15, -0.1) is 0 Å². The van der Waals surface area contributed by atoms with Crippen LogP contribution in [0.15, 0.2) is 29.0 Å². The predicted molar refractivity (Wildman–Crippen MR) is 79.7 cm³/mol. The van der Waals surface area contributed by atoms with E-state index >= 15 is 0 Å². The van der Waals surface area contributed by atoms with E-state index in [-0.39, 0.29) is 11.5 Å². The number of esters is 1. The van der Waals surface area contributed by atoms with Crippen LogP contribution in [0.3, 0.4) is 0 Å². The molecular weight excluding hydrogens is 413 g/mol. The van der Waals surface area contributed by atoms with E-state index in [0.29, 0.717) is 0 Å². The first-order valence-corrected chi connectivity index (χ1v) is 6.78. The summed E-state index contributed by atoms with van der Waals surface area (Å²) < 4.78 is 8.20. The Labute approximate surface area is 126 Å². The number of methoxy groups -OCH3 is 1. The molecule has 2 aromatic rings. The summed E-state index contributed by atoms with van der Waals surface area (Å²) in [7, 11) is 1.29. The van der Waals surface area contributed by atoms with Crippen molar-refractivity contribution in [2.24, 2.45) is 0 Å². The molecular formula is C11H9BrIN3O2. The normalized spacial score (nSPS) is 10.4. The predicted octanol–water partition coefficient (Wildman–Crippen LogP) is 2.61. The lowest BCUT2D eigenvalue weighted by atomic mass is 10.3. The van der Waals surface area contributed by atoms with Gasteiger partial charge in [0.25, 0.3) is 0 Å². The molecule has 0 aliphatic rings. The van der Waals surface area contributed by atoms with Crippen molar-refractivity contribution in [3.8, 4) is 5.69 Å². The van der Waals surface area contributed by atoms with Gasteiger partial charge in [-0.05, 0) is 56.7 Å². The van der Waals surface area contributed by atoms with E-state index in [4.69, 9.17) is 5.73 Å². The second kappa shape index (κ2) is 5.27. The molecule has 1 aromatic carbocycles. The smallest absolute Gasteiger partial charge is 0.360 e. The number of nitrogens with zero attached hydrogens (tertiary/aromatic N) is 2. The summed E-state index contributed by atoms with van der Waals surface area (Å²) in [6, 6.07) is 5.79. The van der Waals surface area contributed by atoms with E-state index in [2.05, 4.69) is 48.2 Å². The molecule has 18 heavy (non-hydrogen) atoms. The average Bonchev–Trinajstić information content (AvgIpc) is 2.70. The van der Waals surface area contributed by atoms with Gasteiger partial charge in [-0.1, -0.05) is 0 Å². The molecule has 0 radical (unpaired) electrons. The van der Waals surface area contributed by atoms with Gasteiger partial charge in [0.1, 0.15) is 12.1 Å². The van der Waals surface area contributed by atoms with Crippen molar-refractivity contribution in [3.63, 3.8) is 0 Å². The number of carbonyl (C=O) groups excluding carboxylic acids is 1. The van der Waals surface area contributed by atoms with Crippen LogP contribution in [0, 0.1) is 3.57 Å². The van der Waals surface area contributed by atoms with Crippen LogP contribution in [0.25, 0.3) is 5.69 Å². The highest BCUT2D eigenvalue weighted by molar-refractivity contribution is 14.1. The molecule has 0 aliphatic carbocycles. The lowest BCUT2D eigenvalue weighted by Gasteiger charge is -2.08. The van der Waals surface area contributed by atoms with Crippen molar-refractivity contribution >= 4 is 50.3 Å². The van der Waals surface area contributed by atoms with Gasteiger partial charge in [-0.2, -0.15) is 0 Å². The molecule has 1 aromatic heterocycles. The van der Waals surface area contributed by atoms with Crippen molar-refractivity contribution in [3.05, 3.63) is 38.3 Å². The van der Waals surface area contributed by atoms with Gasteiger partial charge < -0.3 is 10.5 Å². The molecule has 0 spiro atoms. The lowest BCUT2D eigenvalue weighted by Crippen LogP contribution is -2.07. The number of ether oxygens (including phenoxy) is 1. The van der Waals surface area contributed by atoms with E-state index < -0.39 is 5.97 Å². The average molecular weight is 422 g/mol. The maximum atomic E-state index is 11.4. The Balaban J connectivity index is 2.52. The van der Waals surface area contributed by atoms with Gasteiger partial charge in [0, 0.05) is 8.04 Å². The lowest BCUT2D eigenvalue weighted by molar-refractivity contribution is 0.0596. The Morgan fingerprint density at radius 1 is 1.56 bits per heavy atom. The van der Waals surface area contributed by atoms with Crippen molar-refractivity contribution in [1.82, 2.24) is 9.55 Å². The monoisotopic (exact) mass is 421 g/mol. The van der Waals surface area contributed by atoms with Gasteiger partial charge in [-0.25, -0.2) is 9.78 Å². The van der Waals surface area contributed by atoms with Crippen molar-refractivity contribution in [2.45, 2.75) is 0 Å². The standard InChI is InChI=1S/C11H9BrIN3O2/c1-18-11(17)9-10(14)16(5-15-9)8-3-2-6(13)4-7(8)12/h2-5H,14H2,1H3. The number of halogens is 2. The summed E-state index contributed by atoms with van der Waals surface area (Å²) in [5, 5.41) is 0. The molecule has 2 N–H and O–H groups in total. The zero-order valence-corrected chi connectivity index (χ0v) is 13.1. The SMILES string of the molecule is COC(=O)c1ncn(-c2ccc(I)cc2Br)c1N. The molecule has 0 fully saturated rings.